The number of carboxylic acids is 1. The quantitative estimate of drug-likeness (QED) is 0.513. The summed E-state index contributed by atoms with van der Waals surface area (Å²) in [6.07, 6.45) is 2.64. The van der Waals surface area contributed by atoms with E-state index in [4.69, 9.17) is 10.8 Å². The molecule has 0 aliphatic heterocycles. The van der Waals surface area contributed by atoms with E-state index in [0.717, 1.165) is 12.1 Å². The smallest absolute Gasteiger partial charge is 0.328 e. The number of amides is 2. The van der Waals surface area contributed by atoms with Gasteiger partial charge in [0.15, 0.2) is 0 Å². The zero-order chi connectivity index (χ0) is 15.8. The van der Waals surface area contributed by atoms with Crippen LogP contribution >= 0.6 is 0 Å². The Bertz CT molecular complexity index is 584. The molecule has 0 aliphatic carbocycles. The number of nitrogens with one attached hydrogen (secondary N) is 1. The summed E-state index contributed by atoms with van der Waals surface area (Å²) in [4.78, 5) is 32.7. The first kappa shape index (κ1) is 16.4. The molecule has 1 rings (SSSR count). The molecule has 6 nitrogen and oxygen atoms in total. The van der Waals surface area contributed by atoms with Crippen LogP contribution in [0.3, 0.4) is 0 Å². The van der Waals surface area contributed by atoms with Gasteiger partial charge in [-0.15, -0.1) is 0 Å². The Hall–Kier alpha value is -2.70. The summed E-state index contributed by atoms with van der Waals surface area (Å²) >= 11 is 0. The summed E-state index contributed by atoms with van der Waals surface area (Å²) in [7, 11) is 0. The second-order valence-electron chi connectivity index (χ2n) is 4.24. The van der Waals surface area contributed by atoms with Gasteiger partial charge >= 0.3 is 5.97 Å². The van der Waals surface area contributed by atoms with Gasteiger partial charge in [0.05, 0.1) is 5.56 Å². The molecule has 0 radical (unpaired) electrons. The van der Waals surface area contributed by atoms with Crippen LogP contribution in [0.15, 0.2) is 24.3 Å². The fourth-order valence-corrected chi connectivity index (χ4v) is 1.55. The predicted octanol–water partition coefficient (Wildman–Crippen LogP) is 0.919. The molecule has 0 atom stereocenters. The van der Waals surface area contributed by atoms with E-state index in [2.05, 4.69) is 5.32 Å². The Balaban J connectivity index is 2.72. The van der Waals surface area contributed by atoms with Gasteiger partial charge in [0, 0.05) is 19.0 Å². The van der Waals surface area contributed by atoms with E-state index in [1.165, 1.54) is 18.2 Å². The van der Waals surface area contributed by atoms with Crippen molar-refractivity contribution in [2.24, 2.45) is 5.73 Å². The Morgan fingerprint density at radius 1 is 1.33 bits per heavy atom. The number of halogens is 1. The van der Waals surface area contributed by atoms with Crippen molar-refractivity contribution in [1.29, 1.82) is 0 Å². The number of benzene rings is 1. The highest BCUT2D eigenvalue weighted by atomic mass is 19.1. The van der Waals surface area contributed by atoms with E-state index in [9.17, 15) is 18.8 Å². The average Bonchev–Trinajstić information content (AvgIpc) is 2.42. The van der Waals surface area contributed by atoms with Crippen LogP contribution in [-0.4, -0.2) is 29.4 Å². The Kier molecular flexibility index (Phi) is 6.06. The van der Waals surface area contributed by atoms with Gasteiger partial charge in [0.25, 0.3) is 5.91 Å². The zero-order valence-corrected chi connectivity index (χ0v) is 11.1. The molecule has 21 heavy (non-hydrogen) atoms. The van der Waals surface area contributed by atoms with Crippen LogP contribution in [0.4, 0.5) is 4.39 Å². The summed E-state index contributed by atoms with van der Waals surface area (Å²) in [6.45, 7) is 0.191. The molecule has 4 N–H and O–H groups in total. The Labute approximate surface area is 120 Å². The first-order chi connectivity index (χ1) is 9.90. The predicted molar refractivity (Wildman–Crippen MR) is 73.8 cm³/mol. The van der Waals surface area contributed by atoms with E-state index in [1.807, 2.05) is 0 Å². The second-order valence-corrected chi connectivity index (χ2v) is 4.24. The van der Waals surface area contributed by atoms with Crippen molar-refractivity contribution in [3.8, 4) is 0 Å². The molecular formula is C14H15FN2O4. The maximum absolute atomic E-state index is 13.6. The van der Waals surface area contributed by atoms with Gasteiger partial charge in [0.1, 0.15) is 5.82 Å². The number of hydrogen-bond donors (Lipinski definition) is 3. The van der Waals surface area contributed by atoms with Crippen molar-refractivity contribution in [2.75, 3.05) is 6.54 Å². The third-order valence-corrected chi connectivity index (χ3v) is 2.54. The number of primary amides is 1. The summed E-state index contributed by atoms with van der Waals surface area (Å²) in [5.41, 5.74) is 5.15. The van der Waals surface area contributed by atoms with Crippen LogP contribution in [0.2, 0.25) is 0 Å². The monoisotopic (exact) mass is 294 g/mol. The Morgan fingerprint density at radius 3 is 2.67 bits per heavy atom. The lowest BCUT2D eigenvalue weighted by Gasteiger charge is -2.06. The first-order valence-corrected chi connectivity index (χ1v) is 6.17. The van der Waals surface area contributed by atoms with E-state index in [-0.39, 0.29) is 18.5 Å². The van der Waals surface area contributed by atoms with Crippen molar-refractivity contribution >= 4 is 23.9 Å². The fourth-order valence-electron chi connectivity index (χ4n) is 1.55. The lowest BCUT2D eigenvalue weighted by atomic mass is 10.1. The highest BCUT2D eigenvalue weighted by molar-refractivity contribution is 5.95. The molecule has 0 bridgehead atoms. The molecule has 112 valence electrons. The fraction of sp³-hybridized carbons (Fsp3) is 0.214. The number of hydrogen-bond acceptors (Lipinski definition) is 3. The van der Waals surface area contributed by atoms with Gasteiger partial charge in [-0.3, -0.25) is 9.59 Å². The number of carboxylic acid groups (broad SMARTS) is 1. The SMILES string of the molecule is NC(=O)CCCNC(=O)c1cc(C=CC(=O)O)ccc1F. The average molecular weight is 294 g/mol. The van der Waals surface area contributed by atoms with Crippen molar-refractivity contribution in [3.05, 3.63) is 41.2 Å². The molecule has 0 saturated heterocycles. The highest BCUT2D eigenvalue weighted by Crippen LogP contribution is 2.12. The van der Waals surface area contributed by atoms with Crippen molar-refractivity contribution in [3.63, 3.8) is 0 Å². The van der Waals surface area contributed by atoms with Crippen LogP contribution in [0.25, 0.3) is 6.08 Å². The van der Waals surface area contributed by atoms with Crippen LogP contribution in [0, 0.1) is 5.82 Å². The maximum Gasteiger partial charge on any atom is 0.328 e. The number of rotatable bonds is 7. The third-order valence-electron chi connectivity index (χ3n) is 2.54. The molecule has 0 unspecified atom stereocenters. The molecule has 2 amide bonds. The van der Waals surface area contributed by atoms with E-state index >= 15 is 0 Å². The minimum atomic E-state index is -1.14. The van der Waals surface area contributed by atoms with Crippen LogP contribution in [0.1, 0.15) is 28.8 Å². The van der Waals surface area contributed by atoms with Gasteiger partial charge in [-0.2, -0.15) is 0 Å². The normalized spacial score (nSPS) is 10.5. The molecule has 0 heterocycles. The number of nitrogens with two attached hydrogens (primary N) is 1. The van der Waals surface area contributed by atoms with E-state index in [0.29, 0.717) is 12.0 Å². The summed E-state index contributed by atoms with van der Waals surface area (Å²) in [5.74, 6) is -2.97. The molecule has 1 aromatic carbocycles. The molecule has 0 aromatic heterocycles. The summed E-state index contributed by atoms with van der Waals surface area (Å²) < 4.78 is 13.6. The third kappa shape index (κ3) is 5.85. The molecule has 0 fully saturated rings. The van der Waals surface area contributed by atoms with E-state index < -0.39 is 23.6 Å². The number of carbonyl (C=O) groups excluding carboxylic acids is 2. The highest BCUT2D eigenvalue weighted by Gasteiger charge is 2.11. The van der Waals surface area contributed by atoms with Crippen molar-refractivity contribution < 1.29 is 23.9 Å². The molecule has 0 spiro atoms. The van der Waals surface area contributed by atoms with Crippen molar-refractivity contribution in [2.45, 2.75) is 12.8 Å². The second kappa shape index (κ2) is 7.78. The zero-order valence-electron chi connectivity index (χ0n) is 11.1. The van der Waals surface area contributed by atoms with Gasteiger partial charge in [-0.25, -0.2) is 9.18 Å². The van der Waals surface area contributed by atoms with Gasteiger partial charge in [0.2, 0.25) is 5.91 Å². The number of aliphatic carboxylic acids is 1. The van der Waals surface area contributed by atoms with Gasteiger partial charge in [-0.1, -0.05) is 6.07 Å². The van der Waals surface area contributed by atoms with Gasteiger partial charge in [-0.05, 0) is 30.2 Å². The topological polar surface area (TPSA) is 109 Å². The molecule has 0 saturated carbocycles. The minimum absolute atomic E-state index is 0.129. The van der Waals surface area contributed by atoms with Crippen LogP contribution in [0.5, 0.6) is 0 Å². The molecule has 0 aliphatic rings. The first-order valence-electron chi connectivity index (χ1n) is 6.17. The largest absolute Gasteiger partial charge is 0.478 e. The van der Waals surface area contributed by atoms with Gasteiger partial charge < -0.3 is 16.2 Å². The molecular weight excluding hydrogens is 279 g/mol. The lowest BCUT2D eigenvalue weighted by molar-refractivity contribution is -0.131. The maximum atomic E-state index is 13.6. The Morgan fingerprint density at radius 2 is 2.05 bits per heavy atom. The molecule has 1 aromatic rings. The lowest BCUT2D eigenvalue weighted by Crippen LogP contribution is -2.26. The summed E-state index contributed by atoms with van der Waals surface area (Å²) in [5, 5.41) is 11.0. The van der Waals surface area contributed by atoms with Crippen LogP contribution in [-0.2, 0) is 9.59 Å². The minimum Gasteiger partial charge on any atom is -0.478 e. The van der Waals surface area contributed by atoms with E-state index in [1.54, 1.807) is 0 Å². The molecule has 7 heteroatoms. The van der Waals surface area contributed by atoms with Crippen molar-refractivity contribution in [1.82, 2.24) is 5.32 Å². The standard InChI is InChI=1S/C14H15FN2O4/c15-11-5-3-9(4-6-13(19)20)8-10(11)14(21)17-7-1-2-12(16)18/h3-6,8H,1-2,7H2,(H2,16,18)(H,17,21)(H,19,20). The summed E-state index contributed by atoms with van der Waals surface area (Å²) in [6, 6.07) is 3.69. The number of carbonyl (C=O) groups is 3. The van der Waals surface area contributed by atoms with Crippen LogP contribution < -0.4 is 11.1 Å².